The van der Waals surface area contributed by atoms with Crippen LogP contribution in [-0.2, 0) is 4.74 Å². The maximum atomic E-state index is 6.38. The third kappa shape index (κ3) is 2.51. The second kappa shape index (κ2) is 5.89. The second-order valence-electron chi connectivity index (χ2n) is 7.57. The van der Waals surface area contributed by atoms with Crippen molar-refractivity contribution >= 4 is 17.0 Å². The van der Waals surface area contributed by atoms with Gasteiger partial charge in [0.15, 0.2) is 11.5 Å². The zero-order chi connectivity index (χ0) is 16.9. The molecule has 0 aliphatic carbocycles. The molecule has 3 aliphatic rings. The summed E-state index contributed by atoms with van der Waals surface area (Å²) >= 11 is 0. The highest BCUT2D eigenvalue weighted by atomic mass is 16.5. The molecule has 0 saturated carbocycles. The Morgan fingerprint density at radius 1 is 1.28 bits per heavy atom. The fraction of sp³-hybridized carbons (Fsp3) is 0.706. The minimum absolute atomic E-state index is 0.00967. The number of hydrogen-bond acceptors (Lipinski definition) is 7. The molecule has 5 heterocycles. The number of nitrogens with two attached hydrogens (primary N) is 1. The van der Waals surface area contributed by atoms with Crippen LogP contribution in [0.1, 0.15) is 38.3 Å². The Balaban J connectivity index is 1.30. The van der Waals surface area contributed by atoms with Gasteiger partial charge in [-0.2, -0.15) is 0 Å². The second-order valence-corrected chi connectivity index (χ2v) is 7.57. The molecule has 3 aliphatic heterocycles. The third-order valence-corrected chi connectivity index (χ3v) is 6.17. The van der Waals surface area contributed by atoms with Crippen molar-refractivity contribution in [1.29, 1.82) is 0 Å². The molecule has 3 N–H and O–H groups in total. The Labute approximate surface area is 146 Å². The van der Waals surface area contributed by atoms with Gasteiger partial charge < -0.3 is 15.8 Å². The summed E-state index contributed by atoms with van der Waals surface area (Å²) in [6.45, 7) is 4.50. The van der Waals surface area contributed by atoms with Gasteiger partial charge in [-0.1, -0.05) is 0 Å². The predicted molar refractivity (Wildman–Crippen MR) is 93.9 cm³/mol. The lowest BCUT2D eigenvalue weighted by atomic mass is 9.95. The van der Waals surface area contributed by atoms with Gasteiger partial charge in [0.1, 0.15) is 18.1 Å². The molecule has 2 aromatic heterocycles. The van der Waals surface area contributed by atoms with Crippen LogP contribution in [0.15, 0.2) is 12.7 Å². The summed E-state index contributed by atoms with van der Waals surface area (Å²) < 4.78 is 8.38. The van der Waals surface area contributed by atoms with Crippen molar-refractivity contribution in [2.75, 3.05) is 31.9 Å². The number of likely N-dealkylation sites (tertiary alicyclic amines) is 1. The monoisotopic (exact) mass is 343 g/mol. The number of hydrogen-bond donors (Lipinski definition) is 2. The van der Waals surface area contributed by atoms with E-state index in [1.165, 1.54) is 32.1 Å². The number of anilines is 1. The first-order valence-corrected chi connectivity index (χ1v) is 9.29. The Morgan fingerprint density at radius 2 is 2.24 bits per heavy atom. The van der Waals surface area contributed by atoms with Crippen molar-refractivity contribution in [3.63, 3.8) is 0 Å². The van der Waals surface area contributed by atoms with Crippen LogP contribution in [0.4, 0.5) is 5.82 Å². The van der Waals surface area contributed by atoms with E-state index >= 15 is 0 Å². The molecule has 5 rings (SSSR count). The molecule has 0 amide bonds. The Kier molecular flexibility index (Phi) is 3.65. The fourth-order valence-electron chi connectivity index (χ4n) is 4.85. The Hall–Kier alpha value is -1.77. The summed E-state index contributed by atoms with van der Waals surface area (Å²) in [6.07, 6.45) is 9.49. The maximum Gasteiger partial charge on any atom is 0.167 e. The number of fused-ring (bicyclic) bond motifs is 1. The van der Waals surface area contributed by atoms with Gasteiger partial charge in [0, 0.05) is 18.6 Å². The zero-order valence-electron chi connectivity index (χ0n) is 14.4. The van der Waals surface area contributed by atoms with Crippen LogP contribution in [0, 0.1) is 0 Å². The molecule has 3 saturated heterocycles. The van der Waals surface area contributed by atoms with Gasteiger partial charge in [0.05, 0.1) is 12.4 Å². The molecular formula is C17H25N7O. The largest absolute Gasteiger partial charge is 0.382 e. The van der Waals surface area contributed by atoms with Crippen LogP contribution >= 0.6 is 0 Å². The van der Waals surface area contributed by atoms with Gasteiger partial charge in [-0.15, -0.1) is 0 Å². The molecule has 8 heteroatoms. The van der Waals surface area contributed by atoms with E-state index in [4.69, 9.17) is 10.5 Å². The Morgan fingerprint density at radius 3 is 3.12 bits per heavy atom. The highest BCUT2D eigenvalue weighted by Crippen LogP contribution is 2.37. The van der Waals surface area contributed by atoms with Gasteiger partial charge in [-0.05, 0) is 45.2 Å². The first kappa shape index (κ1) is 15.5. The third-order valence-electron chi connectivity index (χ3n) is 6.17. The van der Waals surface area contributed by atoms with Crippen LogP contribution in [0.2, 0.25) is 0 Å². The lowest BCUT2D eigenvalue weighted by molar-refractivity contribution is -0.0216. The van der Waals surface area contributed by atoms with Crippen molar-refractivity contribution in [3.05, 3.63) is 12.7 Å². The van der Waals surface area contributed by atoms with E-state index in [0.717, 1.165) is 38.1 Å². The average Bonchev–Trinajstić information content (AvgIpc) is 3.38. The molecule has 8 nitrogen and oxygen atoms in total. The Bertz CT molecular complexity index is 764. The van der Waals surface area contributed by atoms with Gasteiger partial charge in [-0.25, -0.2) is 15.0 Å². The number of nitrogens with zero attached hydrogens (tertiary/aromatic N) is 5. The molecular weight excluding hydrogens is 318 g/mol. The summed E-state index contributed by atoms with van der Waals surface area (Å²) in [5.74, 6) is 0.422. The zero-order valence-corrected chi connectivity index (χ0v) is 14.4. The average molecular weight is 343 g/mol. The summed E-state index contributed by atoms with van der Waals surface area (Å²) in [5, 5.41) is 3.55. The van der Waals surface area contributed by atoms with Gasteiger partial charge in [-0.3, -0.25) is 9.47 Å². The first-order valence-electron chi connectivity index (χ1n) is 9.29. The summed E-state index contributed by atoms with van der Waals surface area (Å²) in [7, 11) is 0. The van der Waals surface area contributed by atoms with Crippen molar-refractivity contribution in [1.82, 2.24) is 29.7 Å². The number of aromatic nitrogens is 4. The standard InChI is InChI=1S/C17H25N7O/c18-15-14-16(21-10-20-15)24(11-22-14)13-3-2-12(25-13)8-23-7-1-4-17(23)5-6-19-9-17/h10-13,19H,1-9H2,(H2,18,20,21). The number of rotatable bonds is 3. The fourth-order valence-corrected chi connectivity index (χ4v) is 4.85. The van der Waals surface area contributed by atoms with E-state index in [1.807, 2.05) is 4.57 Å². The highest BCUT2D eigenvalue weighted by molar-refractivity contribution is 5.81. The molecule has 3 unspecified atom stereocenters. The summed E-state index contributed by atoms with van der Waals surface area (Å²) in [4.78, 5) is 15.4. The van der Waals surface area contributed by atoms with E-state index < -0.39 is 0 Å². The van der Waals surface area contributed by atoms with Crippen LogP contribution in [0.3, 0.4) is 0 Å². The van der Waals surface area contributed by atoms with Gasteiger partial charge >= 0.3 is 0 Å². The van der Waals surface area contributed by atoms with Crippen molar-refractivity contribution in [2.45, 2.75) is 50.0 Å². The molecule has 2 aromatic rings. The molecule has 134 valence electrons. The minimum Gasteiger partial charge on any atom is -0.382 e. The summed E-state index contributed by atoms with van der Waals surface area (Å²) in [5.41, 5.74) is 7.69. The maximum absolute atomic E-state index is 6.38. The van der Waals surface area contributed by atoms with Crippen molar-refractivity contribution < 1.29 is 4.74 Å². The smallest absolute Gasteiger partial charge is 0.167 e. The van der Waals surface area contributed by atoms with Crippen LogP contribution in [-0.4, -0.2) is 62.2 Å². The summed E-state index contributed by atoms with van der Waals surface area (Å²) in [6, 6.07) is 0. The molecule has 0 aromatic carbocycles. The predicted octanol–water partition coefficient (Wildman–Crippen LogP) is 0.914. The molecule has 3 atom stereocenters. The normalized spacial score (nSPS) is 33.1. The number of imidazole rings is 1. The molecule has 3 fully saturated rings. The van der Waals surface area contributed by atoms with Crippen LogP contribution < -0.4 is 11.1 Å². The van der Waals surface area contributed by atoms with Crippen LogP contribution in [0.25, 0.3) is 11.2 Å². The van der Waals surface area contributed by atoms with Gasteiger partial charge in [0.2, 0.25) is 0 Å². The topological polar surface area (TPSA) is 94.1 Å². The number of nitrogen functional groups attached to an aromatic ring is 1. The van der Waals surface area contributed by atoms with Crippen molar-refractivity contribution in [3.8, 4) is 0 Å². The van der Waals surface area contributed by atoms with E-state index in [2.05, 4.69) is 25.2 Å². The lowest BCUT2D eigenvalue weighted by Gasteiger charge is -2.36. The molecule has 1 spiro atoms. The number of ether oxygens (including phenoxy) is 1. The van der Waals surface area contributed by atoms with Crippen molar-refractivity contribution in [2.24, 2.45) is 0 Å². The highest BCUT2D eigenvalue weighted by Gasteiger charge is 2.44. The molecule has 0 bridgehead atoms. The lowest BCUT2D eigenvalue weighted by Crippen LogP contribution is -2.48. The first-order chi connectivity index (χ1) is 12.3. The van der Waals surface area contributed by atoms with E-state index in [0.29, 0.717) is 16.9 Å². The SMILES string of the molecule is Nc1ncnc2c1ncn2C1CCC(CN2CCCC23CCNC3)O1. The van der Waals surface area contributed by atoms with Crippen LogP contribution in [0.5, 0.6) is 0 Å². The quantitative estimate of drug-likeness (QED) is 0.855. The van der Waals surface area contributed by atoms with E-state index in [9.17, 15) is 0 Å². The number of nitrogens with one attached hydrogen (secondary N) is 1. The van der Waals surface area contributed by atoms with E-state index in [-0.39, 0.29) is 12.3 Å². The molecule has 0 radical (unpaired) electrons. The van der Waals surface area contributed by atoms with Gasteiger partial charge in [0.25, 0.3) is 0 Å². The molecule has 25 heavy (non-hydrogen) atoms. The van der Waals surface area contributed by atoms with E-state index in [1.54, 1.807) is 6.33 Å². The minimum atomic E-state index is -0.00967.